The minimum atomic E-state index is -4.09. The number of carbonyl (C=O) groups excluding carboxylic acids is 2. The summed E-state index contributed by atoms with van der Waals surface area (Å²) >= 11 is 0. The van der Waals surface area contributed by atoms with Gasteiger partial charge in [0.2, 0.25) is 11.8 Å². The van der Waals surface area contributed by atoms with E-state index in [0.717, 1.165) is 22.7 Å². The Labute approximate surface area is 225 Å². The minimum absolute atomic E-state index is 0.0589. The number of rotatable bonds is 13. The minimum Gasteiger partial charge on any atom is -0.497 e. The van der Waals surface area contributed by atoms with Gasteiger partial charge < -0.3 is 15.0 Å². The van der Waals surface area contributed by atoms with Crippen molar-refractivity contribution in [3.05, 3.63) is 90.5 Å². The van der Waals surface area contributed by atoms with Crippen LogP contribution in [0.3, 0.4) is 0 Å². The molecule has 0 aliphatic rings. The first-order chi connectivity index (χ1) is 18.3. The second-order valence-corrected chi connectivity index (χ2v) is 10.7. The van der Waals surface area contributed by atoms with E-state index in [1.807, 2.05) is 37.3 Å². The molecule has 0 bridgehead atoms. The Balaban J connectivity index is 1.97. The first-order valence-corrected chi connectivity index (χ1v) is 14.0. The van der Waals surface area contributed by atoms with E-state index in [-0.39, 0.29) is 17.3 Å². The molecule has 0 saturated carbocycles. The average Bonchev–Trinajstić information content (AvgIpc) is 2.95. The van der Waals surface area contributed by atoms with Crippen LogP contribution in [-0.2, 0) is 26.2 Å². The number of sulfonamides is 1. The quantitative estimate of drug-likeness (QED) is 0.329. The molecule has 0 aromatic heterocycles. The topological polar surface area (TPSA) is 96.0 Å². The molecule has 9 heteroatoms. The van der Waals surface area contributed by atoms with E-state index in [1.165, 1.54) is 24.1 Å². The number of nitrogens with one attached hydrogen (secondary N) is 1. The number of amides is 2. The number of benzene rings is 3. The molecule has 202 valence electrons. The predicted molar refractivity (Wildman–Crippen MR) is 148 cm³/mol. The van der Waals surface area contributed by atoms with Gasteiger partial charge >= 0.3 is 0 Å². The lowest BCUT2D eigenvalue weighted by Crippen LogP contribution is -2.51. The Morgan fingerprint density at radius 3 is 2.11 bits per heavy atom. The molecule has 3 aromatic carbocycles. The zero-order valence-electron chi connectivity index (χ0n) is 22.0. The second kappa shape index (κ2) is 13.6. The average molecular weight is 538 g/mol. The molecule has 8 nitrogen and oxygen atoms in total. The van der Waals surface area contributed by atoms with Gasteiger partial charge in [0, 0.05) is 13.1 Å². The van der Waals surface area contributed by atoms with E-state index in [0.29, 0.717) is 18.0 Å². The van der Waals surface area contributed by atoms with E-state index in [2.05, 4.69) is 5.32 Å². The summed E-state index contributed by atoms with van der Waals surface area (Å²) < 4.78 is 33.7. The SMILES string of the molecule is CCCCNC(=O)[C@H](C)N(Cc1ccccc1)C(=O)CN(c1ccc(OC)cc1)S(=O)(=O)c1ccccc1. The van der Waals surface area contributed by atoms with Gasteiger partial charge in [-0.3, -0.25) is 13.9 Å². The third kappa shape index (κ3) is 7.35. The van der Waals surface area contributed by atoms with Crippen molar-refractivity contribution in [2.45, 2.75) is 44.2 Å². The summed E-state index contributed by atoms with van der Waals surface area (Å²) in [6.45, 7) is 3.87. The maximum Gasteiger partial charge on any atom is 0.264 e. The van der Waals surface area contributed by atoms with Crippen molar-refractivity contribution in [1.82, 2.24) is 10.2 Å². The highest BCUT2D eigenvalue weighted by atomic mass is 32.2. The molecule has 3 aromatic rings. The largest absolute Gasteiger partial charge is 0.497 e. The molecule has 0 spiro atoms. The zero-order valence-corrected chi connectivity index (χ0v) is 22.9. The van der Waals surface area contributed by atoms with Crippen molar-refractivity contribution in [3.63, 3.8) is 0 Å². The van der Waals surface area contributed by atoms with Crippen molar-refractivity contribution in [1.29, 1.82) is 0 Å². The van der Waals surface area contributed by atoms with Crippen LogP contribution in [0, 0.1) is 0 Å². The Morgan fingerprint density at radius 2 is 1.53 bits per heavy atom. The molecule has 0 radical (unpaired) electrons. The lowest BCUT2D eigenvalue weighted by atomic mass is 10.1. The van der Waals surface area contributed by atoms with Crippen LogP contribution in [-0.4, -0.2) is 51.4 Å². The molecular formula is C29H35N3O5S. The van der Waals surface area contributed by atoms with E-state index in [9.17, 15) is 18.0 Å². The van der Waals surface area contributed by atoms with Crippen LogP contribution in [0.4, 0.5) is 5.69 Å². The van der Waals surface area contributed by atoms with Crippen LogP contribution in [0.5, 0.6) is 5.75 Å². The summed E-state index contributed by atoms with van der Waals surface area (Å²) in [5.74, 6) is -0.229. The fourth-order valence-electron chi connectivity index (χ4n) is 3.90. The number of hydrogen-bond acceptors (Lipinski definition) is 5. The molecule has 1 N–H and O–H groups in total. The van der Waals surface area contributed by atoms with Gasteiger partial charge in [-0.05, 0) is 55.3 Å². The summed E-state index contributed by atoms with van der Waals surface area (Å²) in [7, 11) is -2.57. The molecule has 0 aliphatic carbocycles. The maximum absolute atomic E-state index is 13.8. The Kier molecular flexibility index (Phi) is 10.3. The first kappa shape index (κ1) is 28.7. The highest BCUT2D eigenvalue weighted by molar-refractivity contribution is 7.92. The molecule has 0 heterocycles. The lowest BCUT2D eigenvalue weighted by Gasteiger charge is -2.32. The van der Waals surface area contributed by atoms with Crippen LogP contribution in [0.1, 0.15) is 32.3 Å². The number of hydrogen-bond donors (Lipinski definition) is 1. The maximum atomic E-state index is 13.8. The van der Waals surface area contributed by atoms with Crippen LogP contribution in [0.15, 0.2) is 89.8 Å². The van der Waals surface area contributed by atoms with Crippen molar-refractivity contribution in [2.75, 3.05) is 24.5 Å². The Bertz CT molecular complexity index is 1280. The molecule has 0 fully saturated rings. The summed E-state index contributed by atoms with van der Waals surface area (Å²) in [5.41, 5.74) is 1.14. The number of methoxy groups -OCH3 is 1. The summed E-state index contributed by atoms with van der Waals surface area (Å²) in [5, 5.41) is 2.88. The van der Waals surface area contributed by atoms with E-state index < -0.39 is 28.5 Å². The highest BCUT2D eigenvalue weighted by Gasteiger charge is 2.32. The molecule has 38 heavy (non-hydrogen) atoms. The van der Waals surface area contributed by atoms with E-state index >= 15 is 0 Å². The van der Waals surface area contributed by atoms with Crippen molar-refractivity contribution in [2.24, 2.45) is 0 Å². The van der Waals surface area contributed by atoms with Crippen LogP contribution < -0.4 is 14.4 Å². The van der Waals surface area contributed by atoms with Crippen LogP contribution >= 0.6 is 0 Å². The summed E-state index contributed by atoms with van der Waals surface area (Å²) in [4.78, 5) is 28.3. The van der Waals surface area contributed by atoms with Crippen LogP contribution in [0.25, 0.3) is 0 Å². The van der Waals surface area contributed by atoms with Gasteiger partial charge in [-0.15, -0.1) is 0 Å². The molecular weight excluding hydrogens is 502 g/mol. The molecule has 0 saturated heterocycles. The predicted octanol–water partition coefficient (Wildman–Crippen LogP) is 4.22. The van der Waals surface area contributed by atoms with Gasteiger partial charge in [-0.2, -0.15) is 0 Å². The number of carbonyl (C=O) groups is 2. The van der Waals surface area contributed by atoms with Crippen LogP contribution in [0.2, 0.25) is 0 Å². The molecule has 2 amide bonds. The van der Waals surface area contributed by atoms with Crippen molar-refractivity contribution >= 4 is 27.5 Å². The van der Waals surface area contributed by atoms with E-state index in [1.54, 1.807) is 49.4 Å². The third-order valence-electron chi connectivity index (χ3n) is 6.16. The fraction of sp³-hybridized carbons (Fsp3) is 0.310. The van der Waals surface area contributed by atoms with Crippen molar-refractivity contribution < 1.29 is 22.7 Å². The first-order valence-electron chi connectivity index (χ1n) is 12.6. The van der Waals surface area contributed by atoms with Gasteiger partial charge in [0.05, 0.1) is 17.7 Å². The fourth-order valence-corrected chi connectivity index (χ4v) is 5.33. The smallest absolute Gasteiger partial charge is 0.264 e. The Hall–Kier alpha value is -3.85. The van der Waals surface area contributed by atoms with Gasteiger partial charge in [0.25, 0.3) is 10.0 Å². The standard InChI is InChI=1S/C29H35N3O5S/c1-4-5-20-30-29(34)23(2)31(21-24-12-8-6-9-13-24)28(33)22-32(25-16-18-26(37-3)19-17-25)38(35,36)27-14-10-7-11-15-27/h6-19,23H,4-5,20-22H2,1-3H3,(H,30,34)/t23-/m0/s1. The molecule has 0 unspecified atom stereocenters. The van der Waals surface area contributed by atoms with Gasteiger partial charge in [-0.25, -0.2) is 8.42 Å². The summed E-state index contributed by atoms with van der Waals surface area (Å²) in [6.07, 6.45) is 1.75. The van der Waals surface area contributed by atoms with E-state index in [4.69, 9.17) is 4.74 Å². The van der Waals surface area contributed by atoms with Gasteiger partial charge in [-0.1, -0.05) is 61.9 Å². The second-order valence-electron chi connectivity index (χ2n) is 8.85. The molecule has 3 rings (SSSR count). The highest BCUT2D eigenvalue weighted by Crippen LogP contribution is 2.26. The number of ether oxygens (including phenoxy) is 1. The molecule has 1 atom stereocenters. The Morgan fingerprint density at radius 1 is 0.921 bits per heavy atom. The lowest BCUT2D eigenvalue weighted by molar-refractivity contribution is -0.139. The number of anilines is 1. The monoisotopic (exact) mass is 537 g/mol. The van der Waals surface area contributed by atoms with Gasteiger partial charge in [0.1, 0.15) is 18.3 Å². The number of unbranched alkanes of at least 4 members (excludes halogenated alkanes) is 1. The van der Waals surface area contributed by atoms with Crippen molar-refractivity contribution in [3.8, 4) is 5.75 Å². The molecule has 0 aliphatic heterocycles. The normalized spacial score (nSPS) is 11.9. The van der Waals surface area contributed by atoms with Gasteiger partial charge in [0.15, 0.2) is 0 Å². The zero-order chi connectivity index (χ0) is 27.5. The summed E-state index contributed by atoms with van der Waals surface area (Å²) in [6, 6.07) is 22.9. The number of nitrogens with zero attached hydrogens (tertiary/aromatic N) is 2. The third-order valence-corrected chi connectivity index (χ3v) is 7.95.